The smallest absolute Gasteiger partial charge is 0.258 e. The summed E-state index contributed by atoms with van der Waals surface area (Å²) in [6.07, 6.45) is 3.21. The van der Waals surface area contributed by atoms with Crippen molar-refractivity contribution in [1.82, 2.24) is 14.8 Å². The Morgan fingerprint density at radius 3 is 2.62 bits per heavy atom. The van der Waals surface area contributed by atoms with Gasteiger partial charge in [0.05, 0.1) is 27.3 Å². The third kappa shape index (κ3) is 3.80. The van der Waals surface area contributed by atoms with Crippen LogP contribution in [0.25, 0.3) is 0 Å². The van der Waals surface area contributed by atoms with Crippen molar-refractivity contribution in [3.8, 4) is 5.75 Å². The van der Waals surface area contributed by atoms with E-state index in [9.17, 15) is 4.79 Å². The maximum Gasteiger partial charge on any atom is 0.258 e. The number of aryl methyl sites for hydroxylation is 3. The van der Waals surface area contributed by atoms with Crippen molar-refractivity contribution in [3.63, 3.8) is 0 Å². The summed E-state index contributed by atoms with van der Waals surface area (Å²) in [5, 5.41) is 7.86. The van der Waals surface area contributed by atoms with Crippen LogP contribution < -0.4 is 10.1 Å². The fourth-order valence-corrected chi connectivity index (χ4v) is 3.08. The van der Waals surface area contributed by atoms with E-state index in [1.165, 1.54) is 6.20 Å². The van der Waals surface area contributed by atoms with E-state index >= 15 is 0 Å². The molecule has 1 aromatic carbocycles. The molecule has 3 rings (SSSR count). The molecule has 0 radical (unpaired) electrons. The van der Waals surface area contributed by atoms with Crippen molar-refractivity contribution in [2.75, 3.05) is 5.32 Å². The fourth-order valence-electron chi connectivity index (χ4n) is 2.23. The van der Waals surface area contributed by atoms with Crippen molar-refractivity contribution < 1.29 is 9.53 Å². The topological polar surface area (TPSA) is 69.0 Å². The largest absolute Gasteiger partial charge is 0.488 e. The van der Waals surface area contributed by atoms with Crippen LogP contribution in [0.2, 0.25) is 0 Å². The number of amides is 1. The summed E-state index contributed by atoms with van der Waals surface area (Å²) in [6.45, 7) is 4.47. The molecule has 2 heterocycles. The number of hydrogen-bond acceptors (Lipinski definition) is 5. The highest BCUT2D eigenvalue weighted by Gasteiger charge is 2.09. The molecule has 24 heavy (non-hydrogen) atoms. The summed E-state index contributed by atoms with van der Waals surface area (Å²) in [4.78, 5) is 17.6. The van der Waals surface area contributed by atoms with Gasteiger partial charge in [0.1, 0.15) is 12.4 Å². The summed E-state index contributed by atoms with van der Waals surface area (Å²) in [5.74, 6) is 0.562. The zero-order valence-corrected chi connectivity index (χ0v) is 14.6. The van der Waals surface area contributed by atoms with Crippen LogP contribution in [0, 0.1) is 13.8 Å². The van der Waals surface area contributed by atoms with Crippen molar-refractivity contribution in [1.29, 1.82) is 0 Å². The summed E-state index contributed by atoms with van der Waals surface area (Å²) in [6, 6.07) is 7.30. The summed E-state index contributed by atoms with van der Waals surface area (Å²) in [5.41, 5.74) is 2.24. The number of anilines is 1. The van der Waals surface area contributed by atoms with Gasteiger partial charge in [0.15, 0.2) is 0 Å². The van der Waals surface area contributed by atoms with Crippen molar-refractivity contribution in [3.05, 3.63) is 57.8 Å². The second-order valence-electron chi connectivity index (χ2n) is 5.41. The summed E-state index contributed by atoms with van der Waals surface area (Å²) < 4.78 is 7.37. The van der Waals surface area contributed by atoms with E-state index in [4.69, 9.17) is 4.74 Å². The van der Waals surface area contributed by atoms with Gasteiger partial charge in [-0.3, -0.25) is 9.48 Å². The Morgan fingerprint density at radius 1 is 1.29 bits per heavy atom. The fraction of sp³-hybridized carbons (Fsp3) is 0.235. The Kier molecular flexibility index (Phi) is 4.61. The molecule has 0 unspecified atom stereocenters. The first-order valence-electron chi connectivity index (χ1n) is 7.47. The minimum Gasteiger partial charge on any atom is -0.488 e. The molecule has 1 N–H and O–H groups in total. The maximum absolute atomic E-state index is 12.1. The molecule has 7 heteroatoms. The van der Waals surface area contributed by atoms with Gasteiger partial charge in [0, 0.05) is 18.9 Å². The normalized spacial score (nSPS) is 10.6. The van der Waals surface area contributed by atoms with Crippen LogP contribution in [0.1, 0.15) is 25.9 Å². The molecule has 0 saturated heterocycles. The van der Waals surface area contributed by atoms with E-state index < -0.39 is 0 Å². The molecular formula is C17H18N4O2S. The molecular weight excluding hydrogens is 324 g/mol. The Bertz CT molecular complexity index is 852. The summed E-state index contributed by atoms with van der Waals surface area (Å²) >= 11 is 1.64. The van der Waals surface area contributed by atoms with Crippen LogP contribution in [-0.2, 0) is 13.7 Å². The van der Waals surface area contributed by atoms with Crippen LogP contribution in [0.15, 0.2) is 36.7 Å². The maximum atomic E-state index is 12.1. The minimum atomic E-state index is -0.187. The van der Waals surface area contributed by atoms with Gasteiger partial charge >= 0.3 is 0 Å². The number of nitrogens with zero attached hydrogens (tertiary/aromatic N) is 3. The molecule has 0 bridgehead atoms. The number of hydrogen-bond donors (Lipinski definition) is 1. The summed E-state index contributed by atoms with van der Waals surface area (Å²) in [7, 11) is 1.77. The number of aromatic nitrogens is 3. The van der Waals surface area contributed by atoms with Gasteiger partial charge < -0.3 is 10.1 Å². The first-order valence-corrected chi connectivity index (χ1v) is 8.28. The van der Waals surface area contributed by atoms with Crippen molar-refractivity contribution in [2.45, 2.75) is 20.5 Å². The molecule has 3 aromatic rings. The molecule has 124 valence electrons. The van der Waals surface area contributed by atoms with Crippen LogP contribution in [-0.4, -0.2) is 20.7 Å². The number of carbonyl (C=O) groups excluding carboxylic acids is 1. The predicted molar refractivity (Wildman–Crippen MR) is 93.5 cm³/mol. The van der Waals surface area contributed by atoms with Gasteiger partial charge in [-0.15, -0.1) is 11.3 Å². The van der Waals surface area contributed by atoms with E-state index in [1.54, 1.807) is 29.3 Å². The lowest BCUT2D eigenvalue weighted by Crippen LogP contribution is -2.10. The van der Waals surface area contributed by atoms with Gasteiger partial charge in [-0.2, -0.15) is 5.10 Å². The highest BCUT2D eigenvalue weighted by molar-refractivity contribution is 7.11. The molecule has 0 aliphatic rings. The van der Waals surface area contributed by atoms with Crippen LogP contribution >= 0.6 is 11.3 Å². The zero-order valence-electron chi connectivity index (χ0n) is 13.7. The van der Waals surface area contributed by atoms with Gasteiger partial charge in [-0.1, -0.05) is 0 Å². The molecule has 0 aliphatic carbocycles. The average molecular weight is 342 g/mol. The van der Waals surface area contributed by atoms with Crippen molar-refractivity contribution in [2.24, 2.45) is 7.05 Å². The highest BCUT2D eigenvalue weighted by Crippen LogP contribution is 2.21. The Morgan fingerprint density at radius 2 is 2.04 bits per heavy atom. The Labute approximate surface area is 144 Å². The van der Waals surface area contributed by atoms with E-state index in [0.717, 1.165) is 21.3 Å². The Hall–Kier alpha value is -2.67. The zero-order chi connectivity index (χ0) is 17.1. The highest BCUT2D eigenvalue weighted by atomic mass is 32.1. The number of ether oxygens (including phenoxy) is 1. The number of benzene rings is 1. The number of rotatable bonds is 5. The standard InChI is InChI=1S/C17H18N4O2S/c1-11-16(24-12(2)19-11)10-23-15-6-4-14(5-7-15)20-17(22)13-8-18-21(3)9-13/h4-9H,10H2,1-3H3,(H,20,22). The van der Waals surface area contributed by atoms with Gasteiger partial charge in [-0.25, -0.2) is 4.98 Å². The number of thiazole rings is 1. The minimum absolute atomic E-state index is 0.187. The van der Waals surface area contributed by atoms with Crippen molar-refractivity contribution >= 4 is 22.9 Å². The first kappa shape index (κ1) is 16.2. The van der Waals surface area contributed by atoms with Crippen LogP contribution in [0.5, 0.6) is 5.75 Å². The third-order valence-electron chi connectivity index (χ3n) is 3.45. The molecule has 2 aromatic heterocycles. The lowest BCUT2D eigenvalue weighted by molar-refractivity contribution is 0.102. The molecule has 0 saturated carbocycles. The molecule has 0 aliphatic heterocycles. The van der Waals surface area contributed by atoms with Crippen LogP contribution in [0.4, 0.5) is 5.69 Å². The van der Waals surface area contributed by atoms with Crippen LogP contribution in [0.3, 0.4) is 0 Å². The monoisotopic (exact) mass is 342 g/mol. The Balaban J connectivity index is 1.59. The lowest BCUT2D eigenvalue weighted by Gasteiger charge is -2.07. The van der Waals surface area contributed by atoms with E-state index in [-0.39, 0.29) is 5.91 Å². The molecule has 0 spiro atoms. The molecule has 0 fully saturated rings. The van der Waals surface area contributed by atoms with Gasteiger partial charge in [-0.05, 0) is 38.1 Å². The third-order valence-corrected chi connectivity index (χ3v) is 4.50. The van der Waals surface area contributed by atoms with Gasteiger partial charge in [0.25, 0.3) is 5.91 Å². The predicted octanol–water partition coefficient (Wildman–Crippen LogP) is 3.32. The first-order chi connectivity index (χ1) is 11.5. The second-order valence-corrected chi connectivity index (χ2v) is 6.70. The quantitative estimate of drug-likeness (QED) is 0.772. The molecule has 6 nitrogen and oxygen atoms in total. The van der Waals surface area contributed by atoms with E-state index in [2.05, 4.69) is 15.4 Å². The molecule has 1 amide bonds. The van der Waals surface area contributed by atoms with E-state index in [1.807, 2.05) is 38.1 Å². The SMILES string of the molecule is Cc1nc(C)c(COc2ccc(NC(=O)c3cnn(C)c3)cc2)s1. The van der Waals surface area contributed by atoms with Gasteiger partial charge in [0.2, 0.25) is 0 Å². The molecule has 0 atom stereocenters. The number of carbonyl (C=O) groups is 1. The average Bonchev–Trinajstić information content (AvgIpc) is 3.12. The second kappa shape index (κ2) is 6.84. The van der Waals surface area contributed by atoms with E-state index in [0.29, 0.717) is 17.9 Å². The lowest BCUT2D eigenvalue weighted by atomic mass is 10.2. The number of nitrogens with one attached hydrogen (secondary N) is 1.